The van der Waals surface area contributed by atoms with Gasteiger partial charge >= 0.3 is 5.97 Å². The SMILES string of the molecule is COC(=O)c1coc(CNCC2(O)CCCCCC2)c1. The minimum Gasteiger partial charge on any atom is -0.467 e. The van der Waals surface area contributed by atoms with Gasteiger partial charge < -0.3 is 19.6 Å². The van der Waals surface area contributed by atoms with Crippen molar-refractivity contribution in [3.8, 4) is 0 Å². The molecular weight excluding hydrogens is 258 g/mol. The van der Waals surface area contributed by atoms with Crippen LogP contribution in [0.1, 0.15) is 54.6 Å². The van der Waals surface area contributed by atoms with Gasteiger partial charge in [-0.3, -0.25) is 0 Å². The van der Waals surface area contributed by atoms with E-state index in [0.717, 1.165) is 25.7 Å². The largest absolute Gasteiger partial charge is 0.467 e. The molecule has 1 aliphatic rings. The van der Waals surface area contributed by atoms with Gasteiger partial charge in [-0.25, -0.2) is 4.79 Å². The van der Waals surface area contributed by atoms with E-state index in [0.29, 0.717) is 24.4 Å². The Labute approximate surface area is 119 Å². The molecule has 0 bridgehead atoms. The number of ether oxygens (including phenoxy) is 1. The minimum atomic E-state index is -0.603. The number of nitrogens with one attached hydrogen (secondary N) is 1. The molecule has 0 saturated heterocycles. The fourth-order valence-electron chi connectivity index (χ4n) is 2.68. The van der Waals surface area contributed by atoms with E-state index < -0.39 is 11.6 Å². The van der Waals surface area contributed by atoms with Crippen LogP contribution in [0.25, 0.3) is 0 Å². The van der Waals surface area contributed by atoms with Crippen LogP contribution in [-0.4, -0.2) is 30.3 Å². The molecule has 20 heavy (non-hydrogen) atoms. The van der Waals surface area contributed by atoms with Crippen LogP contribution >= 0.6 is 0 Å². The molecule has 5 heteroatoms. The van der Waals surface area contributed by atoms with Crippen molar-refractivity contribution in [2.24, 2.45) is 0 Å². The van der Waals surface area contributed by atoms with Crippen LogP contribution in [0, 0.1) is 0 Å². The first-order valence-electron chi connectivity index (χ1n) is 7.22. The van der Waals surface area contributed by atoms with Gasteiger partial charge in [0.2, 0.25) is 0 Å². The van der Waals surface area contributed by atoms with Crippen molar-refractivity contribution < 1.29 is 19.1 Å². The number of carbonyl (C=O) groups is 1. The van der Waals surface area contributed by atoms with Gasteiger partial charge in [0.25, 0.3) is 0 Å². The lowest BCUT2D eigenvalue weighted by atomic mass is 9.94. The summed E-state index contributed by atoms with van der Waals surface area (Å²) in [7, 11) is 1.34. The summed E-state index contributed by atoms with van der Waals surface area (Å²) in [6.07, 6.45) is 7.70. The lowest BCUT2D eigenvalue weighted by Crippen LogP contribution is -2.39. The quantitative estimate of drug-likeness (QED) is 0.639. The molecule has 0 spiro atoms. The fourth-order valence-corrected chi connectivity index (χ4v) is 2.68. The summed E-state index contributed by atoms with van der Waals surface area (Å²) in [6, 6.07) is 1.66. The predicted octanol–water partition coefficient (Wildman–Crippen LogP) is 2.24. The Morgan fingerprint density at radius 1 is 1.40 bits per heavy atom. The molecule has 1 aliphatic carbocycles. The van der Waals surface area contributed by atoms with Crippen molar-refractivity contribution in [1.82, 2.24) is 5.32 Å². The number of esters is 1. The number of rotatable bonds is 5. The highest BCUT2D eigenvalue weighted by Gasteiger charge is 2.27. The van der Waals surface area contributed by atoms with Crippen LogP contribution in [0.2, 0.25) is 0 Å². The van der Waals surface area contributed by atoms with E-state index in [4.69, 9.17) is 4.42 Å². The molecule has 1 saturated carbocycles. The van der Waals surface area contributed by atoms with Crippen molar-refractivity contribution in [2.45, 2.75) is 50.7 Å². The van der Waals surface area contributed by atoms with Crippen molar-refractivity contribution in [3.05, 3.63) is 23.7 Å². The maximum atomic E-state index is 11.3. The van der Waals surface area contributed by atoms with E-state index in [1.165, 1.54) is 26.2 Å². The summed E-state index contributed by atoms with van der Waals surface area (Å²) in [5.41, 5.74) is -0.189. The Morgan fingerprint density at radius 2 is 2.10 bits per heavy atom. The number of hydrogen-bond donors (Lipinski definition) is 2. The van der Waals surface area contributed by atoms with Crippen LogP contribution in [0.4, 0.5) is 0 Å². The van der Waals surface area contributed by atoms with E-state index in [1.54, 1.807) is 6.07 Å². The lowest BCUT2D eigenvalue weighted by Gasteiger charge is -2.26. The van der Waals surface area contributed by atoms with Gasteiger partial charge in [-0.2, -0.15) is 0 Å². The Balaban J connectivity index is 1.80. The van der Waals surface area contributed by atoms with Crippen molar-refractivity contribution in [3.63, 3.8) is 0 Å². The molecular formula is C15H23NO4. The highest BCUT2D eigenvalue weighted by atomic mass is 16.5. The van der Waals surface area contributed by atoms with E-state index in [-0.39, 0.29) is 0 Å². The summed E-state index contributed by atoms with van der Waals surface area (Å²) in [4.78, 5) is 11.3. The molecule has 0 radical (unpaired) electrons. The van der Waals surface area contributed by atoms with Crippen LogP contribution < -0.4 is 5.32 Å². The molecule has 0 unspecified atom stereocenters. The molecule has 0 atom stereocenters. The standard InChI is InChI=1S/C15H23NO4/c1-19-14(17)12-8-13(20-10-12)9-16-11-15(18)6-4-2-3-5-7-15/h8,10,16,18H,2-7,9,11H2,1H3. The maximum Gasteiger partial charge on any atom is 0.341 e. The third-order valence-corrected chi connectivity index (χ3v) is 3.86. The van der Waals surface area contributed by atoms with Crippen LogP contribution in [0.3, 0.4) is 0 Å². The summed E-state index contributed by atoms with van der Waals surface area (Å²) >= 11 is 0. The van der Waals surface area contributed by atoms with E-state index in [9.17, 15) is 9.90 Å². The van der Waals surface area contributed by atoms with E-state index in [1.807, 2.05) is 0 Å². The van der Waals surface area contributed by atoms with Gasteiger partial charge in [-0.1, -0.05) is 25.7 Å². The summed E-state index contributed by atoms with van der Waals surface area (Å²) in [6.45, 7) is 1.06. The van der Waals surface area contributed by atoms with Crippen molar-refractivity contribution in [1.29, 1.82) is 0 Å². The molecule has 1 fully saturated rings. The second-order valence-corrected chi connectivity index (χ2v) is 5.54. The predicted molar refractivity (Wildman–Crippen MR) is 74.4 cm³/mol. The summed E-state index contributed by atoms with van der Waals surface area (Å²) < 4.78 is 9.91. The third-order valence-electron chi connectivity index (χ3n) is 3.86. The Morgan fingerprint density at radius 3 is 2.75 bits per heavy atom. The smallest absolute Gasteiger partial charge is 0.341 e. The van der Waals surface area contributed by atoms with Crippen molar-refractivity contribution in [2.75, 3.05) is 13.7 Å². The van der Waals surface area contributed by atoms with Crippen LogP contribution in [0.15, 0.2) is 16.7 Å². The van der Waals surface area contributed by atoms with Gasteiger partial charge in [0.15, 0.2) is 0 Å². The van der Waals surface area contributed by atoms with E-state index >= 15 is 0 Å². The molecule has 0 aliphatic heterocycles. The second-order valence-electron chi connectivity index (χ2n) is 5.54. The van der Waals surface area contributed by atoms with Crippen LogP contribution in [0.5, 0.6) is 0 Å². The van der Waals surface area contributed by atoms with Crippen LogP contribution in [-0.2, 0) is 11.3 Å². The minimum absolute atomic E-state index is 0.401. The molecule has 1 heterocycles. The molecule has 1 aromatic heterocycles. The number of aliphatic hydroxyl groups is 1. The number of methoxy groups -OCH3 is 1. The van der Waals surface area contributed by atoms with E-state index in [2.05, 4.69) is 10.1 Å². The zero-order valence-electron chi connectivity index (χ0n) is 12.0. The highest BCUT2D eigenvalue weighted by Crippen LogP contribution is 2.26. The van der Waals surface area contributed by atoms with Crippen molar-refractivity contribution >= 4 is 5.97 Å². The number of carbonyl (C=O) groups excluding carboxylic acids is 1. The number of furan rings is 1. The summed E-state index contributed by atoms with van der Waals surface area (Å²) in [5, 5.41) is 13.7. The first kappa shape index (κ1) is 15.1. The number of hydrogen-bond acceptors (Lipinski definition) is 5. The zero-order chi connectivity index (χ0) is 14.4. The second kappa shape index (κ2) is 6.90. The van der Waals surface area contributed by atoms with Gasteiger partial charge in [0.1, 0.15) is 12.0 Å². The Hall–Kier alpha value is -1.33. The average molecular weight is 281 g/mol. The topological polar surface area (TPSA) is 71.7 Å². The molecule has 2 N–H and O–H groups in total. The van der Waals surface area contributed by atoms with Gasteiger partial charge in [-0.15, -0.1) is 0 Å². The normalized spacial score (nSPS) is 18.5. The highest BCUT2D eigenvalue weighted by molar-refractivity contribution is 5.88. The first-order valence-corrected chi connectivity index (χ1v) is 7.22. The van der Waals surface area contributed by atoms with Gasteiger partial charge in [0, 0.05) is 6.54 Å². The average Bonchev–Trinajstić information content (AvgIpc) is 2.80. The zero-order valence-corrected chi connectivity index (χ0v) is 12.0. The third kappa shape index (κ3) is 4.08. The molecule has 0 aromatic carbocycles. The molecule has 112 valence electrons. The first-order chi connectivity index (χ1) is 9.63. The lowest BCUT2D eigenvalue weighted by molar-refractivity contribution is 0.0247. The Bertz CT molecular complexity index is 433. The van der Waals surface area contributed by atoms with Gasteiger partial charge in [-0.05, 0) is 18.9 Å². The van der Waals surface area contributed by atoms with Gasteiger partial charge in [0.05, 0.1) is 24.8 Å². The maximum absolute atomic E-state index is 11.3. The molecule has 2 rings (SSSR count). The molecule has 1 aromatic rings. The monoisotopic (exact) mass is 281 g/mol. The Kier molecular flexibility index (Phi) is 5.20. The fraction of sp³-hybridized carbons (Fsp3) is 0.667. The summed E-state index contributed by atoms with van der Waals surface area (Å²) in [5.74, 6) is 0.269. The molecule has 0 amide bonds. The molecule has 5 nitrogen and oxygen atoms in total.